The van der Waals surface area contributed by atoms with Crippen molar-refractivity contribution in [2.45, 2.75) is 52.9 Å². The van der Waals surface area contributed by atoms with Gasteiger partial charge in [0.1, 0.15) is 0 Å². The maximum absolute atomic E-state index is 11.6. The van der Waals surface area contributed by atoms with E-state index in [9.17, 15) is 9.59 Å². The Balaban J connectivity index is 3.89. The third-order valence-corrected chi connectivity index (χ3v) is 3.05. The summed E-state index contributed by atoms with van der Waals surface area (Å²) in [6.45, 7) is 6.47. The van der Waals surface area contributed by atoms with Crippen LogP contribution in [0.2, 0.25) is 0 Å². The van der Waals surface area contributed by atoms with Crippen LogP contribution < -0.4 is 5.32 Å². The number of rotatable bonds is 9. The van der Waals surface area contributed by atoms with Crippen molar-refractivity contribution in [2.75, 3.05) is 6.54 Å². The minimum absolute atomic E-state index is 0.0232. The highest BCUT2D eigenvalue weighted by molar-refractivity contribution is 5.92. The van der Waals surface area contributed by atoms with Crippen LogP contribution in [0.5, 0.6) is 0 Å². The fraction of sp³-hybridized carbons (Fsp3) is 0.714. The second-order valence-corrected chi connectivity index (χ2v) is 4.55. The third-order valence-electron chi connectivity index (χ3n) is 3.05. The predicted octanol–water partition coefficient (Wildman–Crippen LogP) is 2.74. The second kappa shape index (κ2) is 9.68. The van der Waals surface area contributed by atoms with Crippen molar-refractivity contribution in [1.82, 2.24) is 5.32 Å². The van der Waals surface area contributed by atoms with Crippen LogP contribution in [0.15, 0.2) is 11.6 Å². The Labute approximate surface area is 109 Å². The van der Waals surface area contributed by atoms with Crippen molar-refractivity contribution in [3.63, 3.8) is 0 Å². The van der Waals surface area contributed by atoms with E-state index in [-0.39, 0.29) is 12.3 Å². The maximum Gasteiger partial charge on any atom is 0.303 e. The van der Waals surface area contributed by atoms with E-state index in [4.69, 9.17) is 5.11 Å². The van der Waals surface area contributed by atoms with Crippen LogP contribution in [-0.4, -0.2) is 23.5 Å². The number of carbonyl (C=O) groups excluding carboxylic acids is 1. The number of nitrogens with one attached hydrogen (secondary N) is 1. The molecule has 0 aromatic rings. The molecule has 0 bridgehead atoms. The zero-order valence-electron chi connectivity index (χ0n) is 11.7. The summed E-state index contributed by atoms with van der Waals surface area (Å²) in [6.07, 6.45) is 5.45. The number of aliphatic carboxylic acids is 1. The molecule has 0 saturated carbocycles. The molecule has 0 fully saturated rings. The van der Waals surface area contributed by atoms with Gasteiger partial charge in [0.05, 0.1) is 0 Å². The van der Waals surface area contributed by atoms with Gasteiger partial charge >= 0.3 is 5.97 Å². The molecule has 0 aliphatic carbocycles. The lowest BCUT2D eigenvalue weighted by Gasteiger charge is -2.14. The zero-order chi connectivity index (χ0) is 14.0. The Morgan fingerprint density at radius 2 is 1.94 bits per heavy atom. The number of allylic oxidation sites excluding steroid dienone is 1. The van der Waals surface area contributed by atoms with Crippen molar-refractivity contribution in [3.05, 3.63) is 11.6 Å². The summed E-state index contributed by atoms with van der Waals surface area (Å²) in [5.41, 5.74) is 0.746. The minimum atomic E-state index is -0.751. The molecule has 0 aromatic heterocycles. The highest BCUT2D eigenvalue weighted by Gasteiger charge is 2.10. The molecule has 0 aliphatic rings. The summed E-state index contributed by atoms with van der Waals surface area (Å²) in [4.78, 5) is 22.1. The lowest BCUT2D eigenvalue weighted by Crippen LogP contribution is -2.26. The van der Waals surface area contributed by atoms with Crippen LogP contribution in [0.1, 0.15) is 52.9 Å². The summed E-state index contributed by atoms with van der Waals surface area (Å²) in [7, 11) is 0. The Morgan fingerprint density at radius 1 is 1.28 bits per heavy atom. The fourth-order valence-corrected chi connectivity index (χ4v) is 1.81. The van der Waals surface area contributed by atoms with Gasteiger partial charge in [0.2, 0.25) is 5.91 Å². The summed E-state index contributed by atoms with van der Waals surface area (Å²) < 4.78 is 0. The molecule has 4 nitrogen and oxygen atoms in total. The van der Waals surface area contributed by atoms with Crippen molar-refractivity contribution in [1.29, 1.82) is 0 Å². The first-order valence-electron chi connectivity index (χ1n) is 6.67. The van der Waals surface area contributed by atoms with Gasteiger partial charge in [-0.1, -0.05) is 26.3 Å². The van der Waals surface area contributed by atoms with E-state index < -0.39 is 5.97 Å². The van der Waals surface area contributed by atoms with Gasteiger partial charge in [-0.05, 0) is 32.1 Å². The van der Waals surface area contributed by atoms with Crippen LogP contribution in [0, 0.1) is 5.92 Å². The number of hydrogen-bond donors (Lipinski definition) is 2. The molecule has 0 spiro atoms. The van der Waals surface area contributed by atoms with Gasteiger partial charge in [-0.15, -0.1) is 0 Å². The monoisotopic (exact) mass is 255 g/mol. The smallest absolute Gasteiger partial charge is 0.303 e. The number of amides is 1. The molecule has 18 heavy (non-hydrogen) atoms. The second-order valence-electron chi connectivity index (χ2n) is 4.55. The van der Waals surface area contributed by atoms with Gasteiger partial charge in [-0.2, -0.15) is 0 Å². The molecule has 4 heteroatoms. The molecule has 2 N–H and O–H groups in total. The van der Waals surface area contributed by atoms with E-state index in [0.29, 0.717) is 18.9 Å². The first-order chi connectivity index (χ1) is 8.51. The van der Waals surface area contributed by atoms with E-state index >= 15 is 0 Å². The highest BCUT2D eigenvalue weighted by Crippen LogP contribution is 2.14. The van der Waals surface area contributed by atoms with Crippen molar-refractivity contribution in [2.24, 2.45) is 5.92 Å². The molecule has 0 aromatic carbocycles. The SMILES string of the molecule is CC/C=C(\C)C(=O)NCCC(CC)CCC(=O)O. The van der Waals surface area contributed by atoms with Crippen LogP contribution in [0.3, 0.4) is 0 Å². The largest absolute Gasteiger partial charge is 0.481 e. The Bertz CT molecular complexity index is 297. The predicted molar refractivity (Wildman–Crippen MR) is 72.3 cm³/mol. The number of carboxylic acids is 1. The zero-order valence-corrected chi connectivity index (χ0v) is 11.7. The van der Waals surface area contributed by atoms with Crippen LogP contribution in [0.4, 0.5) is 0 Å². The van der Waals surface area contributed by atoms with Crippen molar-refractivity contribution < 1.29 is 14.7 Å². The summed E-state index contributed by atoms with van der Waals surface area (Å²) in [5, 5.41) is 11.5. The third kappa shape index (κ3) is 7.87. The molecule has 1 amide bonds. The summed E-state index contributed by atoms with van der Waals surface area (Å²) >= 11 is 0. The first kappa shape index (κ1) is 16.7. The van der Waals surface area contributed by atoms with Crippen LogP contribution >= 0.6 is 0 Å². The lowest BCUT2D eigenvalue weighted by atomic mass is 9.96. The van der Waals surface area contributed by atoms with Crippen LogP contribution in [0.25, 0.3) is 0 Å². The quantitative estimate of drug-likeness (QED) is 0.622. The van der Waals surface area contributed by atoms with Gasteiger partial charge < -0.3 is 10.4 Å². The summed E-state index contributed by atoms with van der Waals surface area (Å²) in [5.74, 6) is -0.402. The van der Waals surface area contributed by atoms with Crippen molar-refractivity contribution in [3.8, 4) is 0 Å². The Morgan fingerprint density at radius 3 is 2.44 bits per heavy atom. The Kier molecular flexibility index (Phi) is 8.97. The standard InChI is InChI=1S/C14H25NO3/c1-4-6-11(3)14(18)15-10-9-12(5-2)7-8-13(16)17/h6,12H,4-5,7-10H2,1-3H3,(H,15,18)(H,16,17)/b11-6+. The molecule has 1 unspecified atom stereocenters. The molecule has 0 radical (unpaired) electrons. The van der Waals surface area contributed by atoms with Crippen molar-refractivity contribution >= 4 is 11.9 Å². The first-order valence-corrected chi connectivity index (χ1v) is 6.67. The average molecular weight is 255 g/mol. The topological polar surface area (TPSA) is 66.4 Å². The van der Waals surface area contributed by atoms with Gasteiger partial charge in [-0.3, -0.25) is 9.59 Å². The molecular weight excluding hydrogens is 230 g/mol. The van der Waals surface area contributed by atoms with E-state index in [1.807, 2.05) is 13.0 Å². The number of carboxylic acid groups (broad SMARTS) is 1. The molecule has 0 saturated heterocycles. The fourth-order valence-electron chi connectivity index (χ4n) is 1.81. The highest BCUT2D eigenvalue weighted by atomic mass is 16.4. The van der Waals surface area contributed by atoms with Crippen LogP contribution in [-0.2, 0) is 9.59 Å². The van der Waals surface area contributed by atoms with Gasteiger partial charge in [0.15, 0.2) is 0 Å². The van der Waals surface area contributed by atoms with E-state index in [1.165, 1.54) is 0 Å². The molecule has 0 aliphatic heterocycles. The molecule has 104 valence electrons. The molecule has 0 rings (SSSR count). The van der Waals surface area contributed by atoms with E-state index in [0.717, 1.165) is 24.8 Å². The van der Waals surface area contributed by atoms with Gasteiger partial charge in [0.25, 0.3) is 0 Å². The maximum atomic E-state index is 11.6. The molecule has 0 heterocycles. The normalized spacial score (nSPS) is 13.2. The van der Waals surface area contributed by atoms with Gasteiger partial charge in [0, 0.05) is 18.5 Å². The molecular formula is C14H25NO3. The number of hydrogen-bond acceptors (Lipinski definition) is 2. The number of carbonyl (C=O) groups is 2. The Hall–Kier alpha value is -1.32. The summed E-state index contributed by atoms with van der Waals surface area (Å²) in [6, 6.07) is 0. The lowest BCUT2D eigenvalue weighted by molar-refractivity contribution is -0.137. The van der Waals surface area contributed by atoms with E-state index in [1.54, 1.807) is 6.92 Å². The van der Waals surface area contributed by atoms with E-state index in [2.05, 4.69) is 12.2 Å². The average Bonchev–Trinajstić information content (AvgIpc) is 2.33. The molecule has 1 atom stereocenters. The minimum Gasteiger partial charge on any atom is -0.481 e. The van der Waals surface area contributed by atoms with Gasteiger partial charge in [-0.25, -0.2) is 0 Å².